The molecule has 0 bridgehead atoms. The Morgan fingerprint density at radius 2 is 1.42 bits per heavy atom. The number of hydrogen-bond donors (Lipinski definition) is 1. The van der Waals surface area contributed by atoms with E-state index in [0.29, 0.717) is 0 Å². The van der Waals surface area contributed by atoms with Crippen molar-refractivity contribution in [3.63, 3.8) is 0 Å². The van der Waals surface area contributed by atoms with Crippen molar-refractivity contribution in [1.82, 2.24) is 0 Å². The van der Waals surface area contributed by atoms with Crippen LogP contribution in [0.5, 0.6) is 0 Å². The Morgan fingerprint density at radius 1 is 0.737 bits per heavy atom. The Labute approximate surface area is 116 Å². The largest absolute Gasteiger partial charge is 0.355 e. The van der Waals surface area contributed by atoms with Crippen LogP contribution in [0.1, 0.15) is 37.5 Å². The van der Waals surface area contributed by atoms with Crippen molar-refractivity contribution in [3.8, 4) is 0 Å². The molecule has 1 nitrogen and oxygen atoms in total. The topological polar surface area (TPSA) is 12.0 Å². The molecule has 0 aliphatic rings. The van der Waals surface area contributed by atoms with E-state index in [9.17, 15) is 0 Å². The second-order valence-electron chi connectivity index (χ2n) is 4.78. The fourth-order valence-electron chi connectivity index (χ4n) is 2.71. The summed E-state index contributed by atoms with van der Waals surface area (Å²) in [5, 5.41) is 3.55. The van der Waals surface area contributed by atoms with Crippen LogP contribution < -0.4 is 5.32 Å². The lowest BCUT2D eigenvalue weighted by atomic mass is 9.94. The Bertz CT molecular complexity index is 529. The van der Waals surface area contributed by atoms with E-state index in [1.807, 2.05) is 6.07 Å². The van der Waals surface area contributed by atoms with Gasteiger partial charge in [-0.25, -0.2) is 0 Å². The van der Waals surface area contributed by atoms with Crippen LogP contribution >= 0.6 is 0 Å². The Kier molecular flexibility index (Phi) is 4.62. The minimum atomic E-state index is 1.08. The van der Waals surface area contributed by atoms with E-state index in [4.69, 9.17) is 0 Å². The summed E-state index contributed by atoms with van der Waals surface area (Å²) >= 11 is 0. The zero-order valence-corrected chi connectivity index (χ0v) is 12.2. The maximum atomic E-state index is 3.55. The van der Waals surface area contributed by atoms with Crippen molar-refractivity contribution >= 4 is 11.4 Å². The summed E-state index contributed by atoms with van der Waals surface area (Å²) in [6.45, 7) is 6.72. The monoisotopic (exact) mass is 253 g/mol. The standard InChI is InChI=1S/C18H23N/c1-4-14-12-13-18(17(6-3)16(14)5-2)19-15-10-8-7-9-11-15/h7-13,19H,4-6H2,1-3H3. The molecule has 1 heteroatoms. The van der Waals surface area contributed by atoms with Gasteiger partial charge in [-0.2, -0.15) is 0 Å². The van der Waals surface area contributed by atoms with Crippen LogP contribution in [0.4, 0.5) is 11.4 Å². The fourth-order valence-corrected chi connectivity index (χ4v) is 2.71. The van der Waals surface area contributed by atoms with Crippen molar-refractivity contribution in [2.24, 2.45) is 0 Å². The van der Waals surface area contributed by atoms with Crippen LogP contribution in [-0.4, -0.2) is 0 Å². The van der Waals surface area contributed by atoms with Crippen LogP contribution in [-0.2, 0) is 19.3 Å². The van der Waals surface area contributed by atoms with Gasteiger partial charge in [-0.15, -0.1) is 0 Å². The lowest BCUT2D eigenvalue weighted by Gasteiger charge is -2.17. The van der Waals surface area contributed by atoms with Gasteiger partial charge in [-0.1, -0.05) is 45.0 Å². The molecule has 0 spiro atoms. The average Bonchev–Trinajstić information content (AvgIpc) is 2.47. The zero-order chi connectivity index (χ0) is 13.7. The third kappa shape index (κ3) is 2.98. The lowest BCUT2D eigenvalue weighted by molar-refractivity contribution is 0.983. The molecule has 100 valence electrons. The van der Waals surface area contributed by atoms with Crippen molar-refractivity contribution in [1.29, 1.82) is 0 Å². The molecule has 0 aliphatic heterocycles. The third-order valence-electron chi connectivity index (χ3n) is 3.67. The number of hydrogen-bond acceptors (Lipinski definition) is 1. The van der Waals surface area contributed by atoms with Gasteiger partial charge in [0, 0.05) is 11.4 Å². The molecule has 2 aromatic rings. The van der Waals surface area contributed by atoms with Crippen LogP contribution in [0.3, 0.4) is 0 Å². The van der Waals surface area contributed by atoms with Crippen molar-refractivity contribution in [2.75, 3.05) is 5.32 Å². The number of aryl methyl sites for hydroxylation is 1. The molecule has 0 saturated carbocycles. The third-order valence-corrected chi connectivity index (χ3v) is 3.67. The van der Waals surface area contributed by atoms with Gasteiger partial charge in [-0.05, 0) is 54.2 Å². The summed E-state index contributed by atoms with van der Waals surface area (Å²) in [6.07, 6.45) is 3.30. The molecule has 0 saturated heterocycles. The van der Waals surface area contributed by atoms with E-state index < -0.39 is 0 Å². The predicted octanol–water partition coefficient (Wildman–Crippen LogP) is 5.12. The Morgan fingerprint density at radius 3 is 2.00 bits per heavy atom. The van der Waals surface area contributed by atoms with Gasteiger partial charge in [-0.3, -0.25) is 0 Å². The first-order valence-corrected chi connectivity index (χ1v) is 7.25. The second-order valence-corrected chi connectivity index (χ2v) is 4.78. The van der Waals surface area contributed by atoms with Crippen molar-refractivity contribution in [2.45, 2.75) is 40.0 Å². The molecule has 0 heterocycles. The zero-order valence-electron chi connectivity index (χ0n) is 12.2. The van der Waals surface area contributed by atoms with Gasteiger partial charge in [0.15, 0.2) is 0 Å². The van der Waals surface area contributed by atoms with Crippen molar-refractivity contribution < 1.29 is 0 Å². The van der Waals surface area contributed by atoms with Gasteiger partial charge < -0.3 is 5.32 Å². The summed E-state index contributed by atoms with van der Waals surface area (Å²) in [5.74, 6) is 0. The molecule has 0 amide bonds. The average molecular weight is 253 g/mol. The van der Waals surface area contributed by atoms with Crippen LogP contribution in [0, 0.1) is 0 Å². The lowest BCUT2D eigenvalue weighted by Crippen LogP contribution is -2.03. The first-order chi connectivity index (χ1) is 9.30. The summed E-state index contributed by atoms with van der Waals surface area (Å²) in [6, 6.07) is 14.9. The van der Waals surface area contributed by atoms with E-state index in [1.165, 1.54) is 22.4 Å². The summed E-state index contributed by atoms with van der Waals surface area (Å²) in [7, 11) is 0. The normalized spacial score (nSPS) is 10.5. The van der Waals surface area contributed by atoms with E-state index in [1.54, 1.807) is 0 Å². The number of rotatable bonds is 5. The minimum absolute atomic E-state index is 1.08. The van der Waals surface area contributed by atoms with Crippen LogP contribution in [0.25, 0.3) is 0 Å². The van der Waals surface area contributed by atoms with Gasteiger partial charge in [0.1, 0.15) is 0 Å². The smallest absolute Gasteiger partial charge is 0.0419 e. The van der Waals surface area contributed by atoms with E-state index >= 15 is 0 Å². The molecule has 0 aromatic heterocycles. The minimum Gasteiger partial charge on any atom is -0.355 e. The van der Waals surface area contributed by atoms with E-state index in [2.05, 4.69) is 62.5 Å². The molecular formula is C18H23N. The molecule has 2 aromatic carbocycles. The van der Waals surface area contributed by atoms with Gasteiger partial charge in [0.25, 0.3) is 0 Å². The highest BCUT2D eigenvalue weighted by Gasteiger charge is 2.09. The maximum Gasteiger partial charge on any atom is 0.0419 e. The quantitative estimate of drug-likeness (QED) is 0.780. The van der Waals surface area contributed by atoms with Gasteiger partial charge >= 0.3 is 0 Å². The number of para-hydroxylation sites is 1. The Balaban J connectivity index is 2.40. The first kappa shape index (κ1) is 13.7. The SMILES string of the molecule is CCc1ccc(Nc2ccccc2)c(CC)c1CC. The molecule has 2 rings (SSSR count). The van der Waals surface area contributed by atoms with Gasteiger partial charge in [0.2, 0.25) is 0 Å². The fraction of sp³-hybridized carbons (Fsp3) is 0.333. The summed E-state index contributed by atoms with van der Waals surface area (Å²) in [4.78, 5) is 0. The molecule has 0 atom stereocenters. The second kappa shape index (κ2) is 6.42. The number of anilines is 2. The van der Waals surface area contributed by atoms with Gasteiger partial charge in [0.05, 0.1) is 0 Å². The Hall–Kier alpha value is -1.76. The number of nitrogens with one attached hydrogen (secondary N) is 1. The molecule has 0 aliphatic carbocycles. The van der Waals surface area contributed by atoms with E-state index in [0.717, 1.165) is 24.9 Å². The molecule has 0 radical (unpaired) electrons. The van der Waals surface area contributed by atoms with Crippen molar-refractivity contribution in [3.05, 3.63) is 59.2 Å². The maximum absolute atomic E-state index is 3.55. The molecule has 1 N–H and O–H groups in total. The van der Waals surface area contributed by atoms with E-state index in [-0.39, 0.29) is 0 Å². The first-order valence-electron chi connectivity index (χ1n) is 7.25. The van der Waals surface area contributed by atoms with Crippen LogP contribution in [0.15, 0.2) is 42.5 Å². The molecular weight excluding hydrogens is 230 g/mol. The van der Waals surface area contributed by atoms with Crippen LogP contribution in [0.2, 0.25) is 0 Å². The predicted molar refractivity (Wildman–Crippen MR) is 84.3 cm³/mol. The summed E-state index contributed by atoms with van der Waals surface area (Å²) < 4.78 is 0. The highest BCUT2D eigenvalue weighted by atomic mass is 14.9. The summed E-state index contributed by atoms with van der Waals surface area (Å²) in [5.41, 5.74) is 6.88. The number of benzene rings is 2. The molecule has 0 unspecified atom stereocenters. The highest BCUT2D eigenvalue weighted by Crippen LogP contribution is 2.28. The highest BCUT2D eigenvalue weighted by molar-refractivity contribution is 5.66. The molecule has 19 heavy (non-hydrogen) atoms. The molecule has 0 fully saturated rings.